The largest absolute Gasteiger partial charge is 0.490 e. The van der Waals surface area contributed by atoms with Crippen LogP contribution in [0.3, 0.4) is 0 Å². The van der Waals surface area contributed by atoms with Gasteiger partial charge in [0, 0.05) is 74.3 Å². The molecule has 13 heteroatoms. The van der Waals surface area contributed by atoms with Gasteiger partial charge in [-0.05, 0) is 105 Å². The average molecular weight is 783 g/mol. The molecule has 1 spiro atoms. The van der Waals surface area contributed by atoms with E-state index in [1.54, 1.807) is 32.2 Å². The Bertz CT molecular complexity index is 1830. The zero-order chi connectivity index (χ0) is 38.1. The van der Waals surface area contributed by atoms with Crippen molar-refractivity contribution in [3.05, 3.63) is 70.3 Å². The predicted molar refractivity (Wildman–Crippen MR) is 210 cm³/mol. The second-order valence-electron chi connectivity index (χ2n) is 16.2. The Morgan fingerprint density at radius 3 is 2.56 bits per heavy atom. The molecule has 1 saturated carbocycles. The van der Waals surface area contributed by atoms with Crippen LogP contribution in [0.4, 0.5) is 5.69 Å². The van der Waals surface area contributed by atoms with Crippen LogP contribution in [0.5, 0.6) is 5.75 Å². The van der Waals surface area contributed by atoms with Gasteiger partial charge in [0.2, 0.25) is 10.0 Å². The number of benzene rings is 2. The van der Waals surface area contributed by atoms with Crippen molar-refractivity contribution in [1.82, 2.24) is 14.9 Å². The van der Waals surface area contributed by atoms with Crippen LogP contribution in [0.15, 0.2) is 48.6 Å². The molecule has 0 aromatic heterocycles. The van der Waals surface area contributed by atoms with Crippen molar-refractivity contribution >= 4 is 39.5 Å². The average Bonchev–Trinajstić information content (AvgIpc) is 3.28. The number of aryl methyl sites for hydroxylation is 1. The van der Waals surface area contributed by atoms with E-state index in [1.807, 2.05) is 25.1 Å². The number of ether oxygens (including phenoxy) is 3. The van der Waals surface area contributed by atoms with Gasteiger partial charge in [-0.25, -0.2) is 13.1 Å². The summed E-state index contributed by atoms with van der Waals surface area (Å²) in [5, 5.41) is 3.15. The summed E-state index contributed by atoms with van der Waals surface area (Å²) in [5.74, 6) is -0.203. The first-order valence-electron chi connectivity index (χ1n) is 19.6. The molecule has 54 heavy (non-hydrogen) atoms. The molecule has 294 valence electrons. The van der Waals surface area contributed by atoms with Crippen molar-refractivity contribution < 1.29 is 32.2 Å². The molecular weight excluding hydrogens is 728 g/mol. The van der Waals surface area contributed by atoms with E-state index in [1.165, 1.54) is 24.2 Å². The van der Waals surface area contributed by atoms with Gasteiger partial charge in [0.25, 0.3) is 5.91 Å². The van der Waals surface area contributed by atoms with Gasteiger partial charge >= 0.3 is 0 Å². The molecule has 8 rings (SSSR count). The molecule has 6 aliphatic rings. The second-order valence-corrected chi connectivity index (χ2v) is 18.6. The number of amides is 1. The summed E-state index contributed by atoms with van der Waals surface area (Å²) >= 11 is 6.40. The maximum Gasteiger partial charge on any atom is 0.264 e. The smallest absolute Gasteiger partial charge is 0.264 e. The van der Waals surface area contributed by atoms with Crippen LogP contribution in [0.25, 0.3) is 0 Å². The minimum absolute atomic E-state index is 0.0434. The summed E-state index contributed by atoms with van der Waals surface area (Å²) in [6.45, 7) is 11.7. The second kappa shape index (κ2) is 16.2. The van der Waals surface area contributed by atoms with Crippen molar-refractivity contribution in [2.75, 3.05) is 71.1 Å². The van der Waals surface area contributed by atoms with Crippen LogP contribution in [0.1, 0.15) is 67.4 Å². The number of morpholine rings is 1. The number of rotatable bonds is 3. The van der Waals surface area contributed by atoms with E-state index in [9.17, 15) is 18.0 Å². The van der Waals surface area contributed by atoms with Crippen LogP contribution in [0, 0.1) is 17.8 Å². The molecule has 6 atom stereocenters. The molecule has 0 unspecified atom stereocenters. The van der Waals surface area contributed by atoms with Gasteiger partial charge in [0.05, 0.1) is 30.8 Å². The molecule has 2 aromatic rings. The van der Waals surface area contributed by atoms with E-state index >= 15 is 0 Å². The van der Waals surface area contributed by atoms with Crippen molar-refractivity contribution in [2.24, 2.45) is 17.8 Å². The molecule has 2 aliphatic carbocycles. The predicted octanol–water partition coefficient (Wildman–Crippen LogP) is 4.76. The molecule has 2 bridgehead atoms. The van der Waals surface area contributed by atoms with Gasteiger partial charge < -0.3 is 24.4 Å². The number of allylic oxidation sites excluding steroid dienone is 1. The Kier molecular flexibility index (Phi) is 11.8. The maximum absolute atomic E-state index is 13.4. The van der Waals surface area contributed by atoms with E-state index in [4.69, 9.17) is 25.8 Å². The summed E-state index contributed by atoms with van der Waals surface area (Å²) in [4.78, 5) is 30.9. The number of methoxy groups -OCH3 is 1. The fraction of sp³-hybridized carbons (Fsp3) is 0.610. The van der Waals surface area contributed by atoms with Gasteiger partial charge in [0.1, 0.15) is 11.4 Å². The number of fused-ring (bicyclic) bond motifs is 4. The number of halogens is 1. The van der Waals surface area contributed by atoms with E-state index in [2.05, 4.69) is 32.0 Å². The monoisotopic (exact) mass is 782 g/mol. The lowest BCUT2D eigenvalue weighted by Gasteiger charge is -2.48. The first kappa shape index (κ1) is 39.2. The van der Waals surface area contributed by atoms with Gasteiger partial charge in [-0.15, -0.1) is 0 Å². The number of nitrogens with one attached hydrogen (secondary N) is 2. The Hall–Kier alpha value is -3.00. The van der Waals surface area contributed by atoms with Gasteiger partial charge in [-0.1, -0.05) is 30.7 Å². The lowest BCUT2D eigenvalue weighted by Crippen LogP contribution is -2.59. The van der Waals surface area contributed by atoms with E-state index in [-0.39, 0.29) is 28.7 Å². The highest BCUT2D eigenvalue weighted by molar-refractivity contribution is 7.90. The standard InChI is InChI=1S/C34H41ClN2O6S.C7H14N2O/c1-22-6-4-15-34(20-38,42-3)29-11-8-26(29)18-37-19-33(14-5-7-24-16-27(35)10-12-28(24)33)21-43-31-13-9-25(17-30(31)37)32(39)36-44(40,41)23(22)2;1-3-10-4-2-9(1)7-5-8-6-7/h4,9-10,12-13,15-17,20,22-23,26,29H,5-8,11,14,18-19,21H2,1-3H3,(H,36,39);7-8H,1-6H2/b15-4+;/t22-,23+,26-,29+,33-,34+;/m0./s1. The first-order chi connectivity index (χ1) is 26.0. The molecule has 11 nitrogen and oxygen atoms in total. The van der Waals surface area contributed by atoms with Crippen LogP contribution in [-0.2, 0) is 36.1 Å². The molecule has 4 heterocycles. The van der Waals surface area contributed by atoms with Crippen molar-refractivity contribution in [3.8, 4) is 5.75 Å². The van der Waals surface area contributed by atoms with Crippen LogP contribution in [0.2, 0.25) is 5.02 Å². The molecular formula is C41H55ClN4O7S. The lowest BCUT2D eigenvalue weighted by atomic mass is 9.64. The Morgan fingerprint density at radius 2 is 1.87 bits per heavy atom. The van der Waals surface area contributed by atoms with Crippen molar-refractivity contribution in [2.45, 2.75) is 74.7 Å². The summed E-state index contributed by atoms with van der Waals surface area (Å²) in [6, 6.07) is 12.1. The molecule has 2 saturated heterocycles. The number of hydrogen-bond acceptors (Lipinski definition) is 10. The minimum Gasteiger partial charge on any atom is -0.490 e. The number of sulfonamides is 1. The molecule has 2 N–H and O–H groups in total. The van der Waals surface area contributed by atoms with Crippen LogP contribution in [-0.4, -0.2) is 109 Å². The van der Waals surface area contributed by atoms with Crippen LogP contribution < -0.4 is 19.7 Å². The number of carbonyl (C=O) groups is 2. The molecule has 2 aromatic carbocycles. The summed E-state index contributed by atoms with van der Waals surface area (Å²) < 4.78 is 46.6. The SMILES string of the molecule is C1CN(C2CNC2)CCO1.CO[C@@]1(C=O)/C=C/C[C@H](C)[C@@H](C)S(=O)(=O)NC(=O)c2ccc3c(c2)N(C[C@@H]2CC[C@H]21)C[C@@]1(CCCc2cc(Cl)ccc21)CO3. The van der Waals surface area contributed by atoms with Crippen molar-refractivity contribution in [3.63, 3.8) is 0 Å². The maximum atomic E-state index is 13.4. The van der Waals surface area contributed by atoms with Crippen LogP contribution >= 0.6 is 11.6 Å². The first-order valence-corrected chi connectivity index (χ1v) is 21.5. The quantitative estimate of drug-likeness (QED) is 0.333. The topological polar surface area (TPSA) is 127 Å². The third-order valence-corrected chi connectivity index (χ3v) is 15.2. The molecule has 1 amide bonds. The number of nitrogens with zero attached hydrogens (tertiary/aromatic N) is 2. The molecule has 0 radical (unpaired) electrons. The van der Waals surface area contributed by atoms with E-state index in [0.29, 0.717) is 36.9 Å². The van der Waals surface area contributed by atoms with Gasteiger partial charge in [0.15, 0.2) is 6.29 Å². The highest BCUT2D eigenvalue weighted by Crippen LogP contribution is 2.48. The van der Waals surface area contributed by atoms with E-state index in [0.717, 1.165) is 76.4 Å². The molecule has 3 fully saturated rings. The van der Waals surface area contributed by atoms with E-state index < -0.39 is 26.8 Å². The number of anilines is 1. The highest BCUT2D eigenvalue weighted by atomic mass is 35.5. The summed E-state index contributed by atoms with van der Waals surface area (Å²) in [7, 11) is -2.41. The molecule has 4 aliphatic heterocycles. The minimum atomic E-state index is -3.97. The fourth-order valence-corrected chi connectivity index (χ4v) is 10.6. The Balaban J connectivity index is 0.000000386. The number of carbonyl (C=O) groups excluding carboxylic acids is 2. The highest BCUT2D eigenvalue weighted by Gasteiger charge is 2.49. The normalized spacial score (nSPS) is 33.2. The summed E-state index contributed by atoms with van der Waals surface area (Å²) in [6.07, 6.45) is 9.65. The Morgan fingerprint density at radius 1 is 1.07 bits per heavy atom. The van der Waals surface area contributed by atoms with Gasteiger partial charge in [-0.3, -0.25) is 14.5 Å². The third-order valence-electron chi connectivity index (χ3n) is 13.0. The zero-order valence-corrected chi connectivity index (χ0v) is 33.3. The summed E-state index contributed by atoms with van der Waals surface area (Å²) in [5.41, 5.74) is 2.05. The zero-order valence-electron chi connectivity index (χ0n) is 31.7. The number of hydrogen-bond donors (Lipinski definition) is 2. The Labute approximate surface area is 325 Å². The fourth-order valence-electron chi connectivity index (χ4n) is 9.16. The van der Waals surface area contributed by atoms with Crippen molar-refractivity contribution in [1.29, 1.82) is 0 Å². The third kappa shape index (κ3) is 7.84. The lowest BCUT2D eigenvalue weighted by molar-refractivity contribution is -0.135. The number of aldehydes is 1. The van der Waals surface area contributed by atoms with Gasteiger partial charge in [-0.2, -0.15) is 0 Å².